The van der Waals surface area contributed by atoms with Gasteiger partial charge in [-0.25, -0.2) is 0 Å². The van der Waals surface area contributed by atoms with E-state index in [2.05, 4.69) is 18.4 Å². The molecule has 2 aliphatic rings. The van der Waals surface area contributed by atoms with Crippen LogP contribution in [0.25, 0.3) is 0 Å². The van der Waals surface area contributed by atoms with Gasteiger partial charge in [0.05, 0.1) is 0 Å². The van der Waals surface area contributed by atoms with E-state index in [0.717, 1.165) is 5.92 Å². The standard InChI is InChI=1S/C14H21N/c1-10(2)14-11-6-3-4-7-12(11)15-9-5-8-13(14)15/h10H,3-9H2,1-2H3. The third-order valence-electron chi connectivity index (χ3n) is 4.10. The van der Waals surface area contributed by atoms with Crippen molar-refractivity contribution in [1.29, 1.82) is 0 Å². The Morgan fingerprint density at radius 1 is 0.933 bits per heavy atom. The average molecular weight is 203 g/mol. The van der Waals surface area contributed by atoms with Crippen LogP contribution in [0.2, 0.25) is 0 Å². The summed E-state index contributed by atoms with van der Waals surface area (Å²) in [4.78, 5) is 0. The van der Waals surface area contributed by atoms with Gasteiger partial charge in [-0.05, 0) is 55.6 Å². The second kappa shape index (κ2) is 3.40. The molecule has 82 valence electrons. The maximum Gasteiger partial charge on any atom is 0.0228 e. The van der Waals surface area contributed by atoms with E-state index in [-0.39, 0.29) is 0 Å². The van der Waals surface area contributed by atoms with Crippen LogP contribution in [0.5, 0.6) is 0 Å². The lowest BCUT2D eigenvalue weighted by Gasteiger charge is -2.16. The van der Waals surface area contributed by atoms with Gasteiger partial charge in [0.1, 0.15) is 0 Å². The van der Waals surface area contributed by atoms with Crippen LogP contribution in [0.1, 0.15) is 61.5 Å². The molecule has 0 saturated heterocycles. The van der Waals surface area contributed by atoms with E-state index in [1.54, 1.807) is 22.5 Å². The highest BCUT2D eigenvalue weighted by atomic mass is 15.0. The topological polar surface area (TPSA) is 4.93 Å². The fourth-order valence-corrected chi connectivity index (χ4v) is 3.59. The van der Waals surface area contributed by atoms with Gasteiger partial charge in [0.2, 0.25) is 0 Å². The lowest BCUT2D eigenvalue weighted by Crippen LogP contribution is -2.07. The third kappa shape index (κ3) is 1.28. The normalized spacial score (nSPS) is 19.4. The largest absolute Gasteiger partial charge is 0.348 e. The highest BCUT2D eigenvalue weighted by Crippen LogP contribution is 2.37. The molecule has 0 radical (unpaired) electrons. The molecule has 0 saturated carbocycles. The smallest absolute Gasteiger partial charge is 0.0228 e. The molecule has 3 rings (SSSR count). The molecule has 0 atom stereocenters. The molecule has 0 N–H and O–H groups in total. The minimum atomic E-state index is 0.728. The summed E-state index contributed by atoms with van der Waals surface area (Å²) in [5, 5.41) is 0. The van der Waals surface area contributed by atoms with E-state index in [0.29, 0.717) is 0 Å². The zero-order valence-electron chi connectivity index (χ0n) is 9.97. The molecule has 1 aromatic heterocycles. The highest BCUT2D eigenvalue weighted by molar-refractivity contribution is 5.43. The monoisotopic (exact) mass is 203 g/mol. The summed E-state index contributed by atoms with van der Waals surface area (Å²) in [6.07, 6.45) is 8.23. The molecule has 0 bridgehead atoms. The SMILES string of the molecule is CC(C)c1c2c(n3c1CCC3)CCCC2. The van der Waals surface area contributed by atoms with Crippen molar-refractivity contribution >= 4 is 0 Å². The van der Waals surface area contributed by atoms with Gasteiger partial charge in [-0.2, -0.15) is 0 Å². The van der Waals surface area contributed by atoms with Crippen molar-refractivity contribution in [3.05, 3.63) is 22.5 Å². The first kappa shape index (κ1) is 9.50. The zero-order chi connectivity index (χ0) is 10.4. The highest BCUT2D eigenvalue weighted by Gasteiger charge is 2.27. The van der Waals surface area contributed by atoms with Crippen LogP contribution in [0.15, 0.2) is 0 Å². The maximum atomic E-state index is 2.66. The minimum Gasteiger partial charge on any atom is -0.348 e. The summed E-state index contributed by atoms with van der Waals surface area (Å²) in [7, 11) is 0. The summed E-state index contributed by atoms with van der Waals surface area (Å²) in [5.41, 5.74) is 6.86. The van der Waals surface area contributed by atoms with E-state index in [1.807, 2.05) is 0 Å². The fraction of sp³-hybridized carbons (Fsp3) is 0.714. The molecule has 0 fully saturated rings. The molecule has 1 aromatic rings. The number of rotatable bonds is 1. The Morgan fingerprint density at radius 2 is 1.67 bits per heavy atom. The van der Waals surface area contributed by atoms with Crippen LogP contribution < -0.4 is 0 Å². The average Bonchev–Trinajstić information content (AvgIpc) is 2.75. The first-order valence-electron chi connectivity index (χ1n) is 6.52. The van der Waals surface area contributed by atoms with Crippen LogP contribution >= 0.6 is 0 Å². The van der Waals surface area contributed by atoms with Crippen molar-refractivity contribution in [2.24, 2.45) is 0 Å². The molecule has 1 aliphatic heterocycles. The van der Waals surface area contributed by atoms with Gasteiger partial charge in [-0.15, -0.1) is 0 Å². The molecular weight excluding hydrogens is 182 g/mol. The Morgan fingerprint density at radius 3 is 2.47 bits per heavy atom. The maximum absolute atomic E-state index is 2.66. The van der Waals surface area contributed by atoms with E-state index < -0.39 is 0 Å². The Balaban J connectivity index is 2.20. The van der Waals surface area contributed by atoms with Crippen LogP contribution in [0.3, 0.4) is 0 Å². The van der Waals surface area contributed by atoms with Crippen LogP contribution in [-0.4, -0.2) is 4.57 Å². The van der Waals surface area contributed by atoms with Crippen molar-refractivity contribution < 1.29 is 0 Å². The lowest BCUT2D eigenvalue weighted by atomic mass is 9.89. The van der Waals surface area contributed by atoms with Crippen LogP contribution in [0.4, 0.5) is 0 Å². The molecule has 1 aliphatic carbocycles. The summed E-state index contributed by atoms with van der Waals surface area (Å²) in [6.45, 7) is 6.02. The molecular formula is C14H21N. The van der Waals surface area contributed by atoms with Gasteiger partial charge in [-0.1, -0.05) is 13.8 Å². The summed E-state index contributed by atoms with van der Waals surface area (Å²) < 4.78 is 2.66. The number of hydrogen-bond donors (Lipinski definition) is 0. The molecule has 0 amide bonds. The van der Waals surface area contributed by atoms with Gasteiger partial charge in [0.15, 0.2) is 0 Å². The second-order valence-electron chi connectivity index (χ2n) is 5.40. The van der Waals surface area contributed by atoms with E-state index in [1.165, 1.54) is 45.1 Å². The minimum absolute atomic E-state index is 0.728. The summed E-state index contributed by atoms with van der Waals surface area (Å²) >= 11 is 0. The fourth-order valence-electron chi connectivity index (χ4n) is 3.59. The van der Waals surface area contributed by atoms with Gasteiger partial charge in [-0.3, -0.25) is 0 Å². The Labute approximate surface area is 92.5 Å². The molecule has 2 heterocycles. The molecule has 0 spiro atoms. The van der Waals surface area contributed by atoms with E-state index >= 15 is 0 Å². The first-order chi connectivity index (χ1) is 7.29. The Bertz CT molecular complexity index is 381. The van der Waals surface area contributed by atoms with Crippen molar-refractivity contribution in [2.75, 3.05) is 0 Å². The molecule has 0 unspecified atom stereocenters. The third-order valence-corrected chi connectivity index (χ3v) is 4.10. The number of hydrogen-bond acceptors (Lipinski definition) is 0. The van der Waals surface area contributed by atoms with Gasteiger partial charge in [0, 0.05) is 17.9 Å². The van der Waals surface area contributed by atoms with Crippen molar-refractivity contribution in [3.8, 4) is 0 Å². The Kier molecular flexibility index (Phi) is 2.15. The van der Waals surface area contributed by atoms with E-state index in [4.69, 9.17) is 0 Å². The molecule has 15 heavy (non-hydrogen) atoms. The zero-order valence-corrected chi connectivity index (χ0v) is 9.97. The molecule has 1 heteroatoms. The lowest BCUT2D eigenvalue weighted by molar-refractivity contribution is 0.618. The Hall–Kier alpha value is -0.720. The summed E-state index contributed by atoms with van der Waals surface area (Å²) in [6, 6.07) is 0. The van der Waals surface area contributed by atoms with Crippen molar-refractivity contribution in [3.63, 3.8) is 0 Å². The first-order valence-corrected chi connectivity index (χ1v) is 6.52. The van der Waals surface area contributed by atoms with Crippen LogP contribution in [0, 0.1) is 0 Å². The number of aromatic nitrogens is 1. The van der Waals surface area contributed by atoms with Crippen molar-refractivity contribution in [2.45, 2.75) is 64.8 Å². The van der Waals surface area contributed by atoms with Crippen molar-refractivity contribution in [1.82, 2.24) is 4.57 Å². The van der Waals surface area contributed by atoms with Gasteiger partial charge in [0.25, 0.3) is 0 Å². The summed E-state index contributed by atoms with van der Waals surface area (Å²) in [5.74, 6) is 0.728. The predicted octanol–water partition coefficient (Wildman–Crippen LogP) is 3.44. The second-order valence-corrected chi connectivity index (χ2v) is 5.40. The van der Waals surface area contributed by atoms with Gasteiger partial charge >= 0.3 is 0 Å². The number of fused-ring (bicyclic) bond motifs is 3. The van der Waals surface area contributed by atoms with Gasteiger partial charge < -0.3 is 4.57 Å². The quantitative estimate of drug-likeness (QED) is 0.659. The van der Waals surface area contributed by atoms with E-state index in [9.17, 15) is 0 Å². The molecule has 1 nitrogen and oxygen atoms in total. The predicted molar refractivity (Wildman–Crippen MR) is 63.5 cm³/mol. The molecule has 0 aromatic carbocycles. The number of nitrogens with zero attached hydrogens (tertiary/aromatic N) is 1. The van der Waals surface area contributed by atoms with Crippen LogP contribution in [-0.2, 0) is 25.8 Å².